The van der Waals surface area contributed by atoms with E-state index in [0.717, 1.165) is 31.2 Å². The van der Waals surface area contributed by atoms with E-state index in [0.29, 0.717) is 19.2 Å². The van der Waals surface area contributed by atoms with Gasteiger partial charge in [0.15, 0.2) is 0 Å². The van der Waals surface area contributed by atoms with E-state index in [1.165, 1.54) is 6.42 Å². The Morgan fingerprint density at radius 2 is 1.88 bits per heavy atom. The number of methoxy groups -OCH3 is 1. The molecule has 1 aliphatic carbocycles. The van der Waals surface area contributed by atoms with Gasteiger partial charge in [-0.15, -0.1) is 0 Å². The molecule has 1 rings (SSSR count). The standard InChI is InChI=1S/C13H26N2O2/c1-10-6-11(2)8-12(7-10)15-13(16)9-14-4-5-17-3/h10-12,14H,4-9H2,1-3H3,(H,15,16). The summed E-state index contributed by atoms with van der Waals surface area (Å²) in [6, 6.07) is 0.366. The third kappa shape index (κ3) is 6.03. The smallest absolute Gasteiger partial charge is 0.234 e. The van der Waals surface area contributed by atoms with Gasteiger partial charge in [-0.1, -0.05) is 13.8 Å². The van der Waals surface area contributed by atoms with Crippen LogP contribution in [0.2, 0.25) is 0 Å². The number of hydrogen-bond donors (Lipinski definition) is 2. The molecule has 0 heterocycles. The molecule has 0 bridgehead atoms. The Labute approximate surface area is 104 Å². The fraction of sp³-hybridized carbons (Fsp3) is 0.923. The number of rotatable bonds is 6. The lowest BCUT2D eigenvalue weighted by atomic mass is 9.80. The molecule has 2 unspecified atom stereocenters. The lowest BCUT2D eigenvalue weighted by Crippen LogP contribution is -2.44. The van der Waals surface area contributed by atoms with Crippen LogP contribution in [0.1, 0.15) is 33.1 Å². The minimum atomic E-state index is 0.104. The number of nitrogens with one attached hydrogen (secondary N) is 2. The Hall–Kier alpha value is -0.610. The summed E-state index contributed by atoms with van der Waals surface area (Å²) >= 11 is 0. The van der Waals surface area contributed by atoms with Crippen molar-refractivity contribution in [2.45, 2.75) is 39.2 Å². The summed E-state index contributed by atoms with van der Waals surface area (Å²) in [6.07, 6.45) is 3.53. The molecule has 1 fully saturated rings. The largest absolute Gasteiger partial charge is 0.383 e. The van der Waals surface area contributed by atoms with Gasteiger partial charge in [-0.2, -0.15) is 0 Å². The zero-order valence-corrected chi connectivity index (χ0v) is 11.3. The van der Waals surface area contributed by atoms with Crippen molar-refractivity contribution in [3.05, 3.63) is 0 Å². The van der Waals surface area contributed by atoms with E-state index >= 15 is 0 Å². The Bertz CT molecular complexity index is 223. The van der Waals surface area contributed by atoms with Crippen LogP contribution in [0.25, 0.3) is 0 Å². The second-order valence-corrected chi connectivity index (χ2v) is 5.35. The van der Waals surface area contributed by atoms with Crippen LogP contribution in [0.5, 0.6) is 0 Å². The normalized spacial score (nSPS) is 29.0. The molecule has 4 nitrogen and oxygen atoms in total. The van der Waals surface area contributed by atoms with Crippen LogP contribution in [-0.2, 0) is 9.53 Å². The molecule has 2 atom stereocenters. The number of carbonyl (C=O) groups excluding carboxylic acids is 1. The molecule has 0 aromatic heterocycles. The van der Waals surface area contributed by atoms with Crippen molar-refractivity contribution < 1.29 is 9.53 Å². The van der Waals surface area contributed by atoms with Crippen molar-refractivity contribution in [1.29, 1.82) is 0 Å². The maximum Gasteiger partial charge on any atom is 0.234 e. The Kier molecular flexibility index (Phi) is 6.52. The van der Waals surface area contributed by atoms with E-state index in [2.05, 4.69) is 24.5 Å². The maximum absolute atomic E-state index is 11.7. The first kappa shape index (κ1) is 14.5. The van der Waals surface area contributed by atoms with Crippen LogP contribution in [0.15, 0.2) is 0 Å². The summed E-state index contributed by atoms with van der Waals surface area (Å²) in [5, 5.41) is 6.18. The van der Waals surface area contributed by atoms with Crippen LogP contribution in [0, 0.1) is 11.8 Å². The Morgan fingerprint density at radius 3 is 2.47 bits per heavy atom. The van der Waals surface area contributed by atoms with Gasteiger partial charge in [0.1, 0.15) is 0 Å². The van der Waals surface area contributed by atoms with Gasteiger partial charge in [-0.25, -0.2) is 0 Å². The van der Waals surface area contributed by atoms with Crippen LogP contribution in [0.3, 0.4) is 0 Å². The van der Waals surface area contributed by atoms with E-state index in [4.69, 9.17) is 4.74 Å². The van der Waals surface area contributed by atoms with Crippen LogP contribution in [-0.4, -0.2) is 38.8 Å². The fourth-order valence-electron chi connectivity index (χ4n) is 2.72. The average molecular weight is 242 g/mol. The first-order chi connectivity index (χ1) is 8.11. The van der Waals surface area contributed by atoms with Crippen molar-refractivity contribution >= 4 is 5.91 Å². The molecule has 0 aromatic rings. The topological polar surface area (TPSA) is 50.4 Å². The first-order valence-electron chi connectivity index (χ1n) is 6.60. The average Bonchev–Trinajstić information content (AvgIpc) is 2.23. The molecule has 2 N–H and O–H groups in total. The Morgan fingerprint density at radius 1 is 1.24 bits per heavy atom. The van der Waals surface area contributed by atoms with E-state index in [9.17, 15) is 4.79 Å². The van der Waals surface area contributed by atoms with E-state index in [-0.39, 0.29) is 5.91 Å². The summed E-state index contributed by atoms with van der Waals surface area (Å²) in [4.78, 5) is 11.7. The van der Waals surface area contributed by atoms with Crippen LogP contribution >= 0.6 is 0 Å². The van der Waals surface area contributed by atoms with Crippen molar-refractivity contribution in [3.8, 4) is 0 Å². The molecule has 1 amide bonds. The molecular weight excluding hydrogens is 216 g/mol. The van der Waals surface area contributed by atoms with E-state index in [1.807, 2.05) is 0 Å². The minimum Gasteiger partial charge on any atom is -0.383 e. The maximum atomic E-state index is 11.7. The third-order valence-corrected chi connectivity index (χ3v) is 3.31. The molecule has 0 radical (unpaired) electrons. The van der Waals surface area contributed by atoms with Crippen molar-refractivity contribution in [1.82, 2.24) is 10.6 Å². The zero-order valence-electron chi connectivity index (χ0n) is 11.3. The minimum absolute atomic E-state index is 0.104. The second kappa shape index (κ2) is 7.67. The van der Waals surface area contributed by atoms with Gasteiger partial charge >= 0.3 is 0 Å². The number of carbonyl (C=O) groups is 1. The third-order valence-electron chi connectivity index (χ3n) is 3.31. The SMILES string of the molecule is COCCNCC(=O)NC1CC(C)CC(C)C1. The van der Waals surface area contributed by atoms with Gasteiger partial charge in [-0.05, 0) is 31.1 Å². The van der Waals surface area contributed by atoms with Crippen LogP contribution in [0.4, 0.5) is 0 Å². The van der Waals surface area contributed by atoms with Crippen molar-refractivity contribution in [3.63, 3.8) is 0 Å². The quantitative estimate of drug-likeness (QED) is 0.687. The summed E-state index contributed by atoms with van der Waals surface area (Å²) in [5.74, 6) is 1.56. The molecule has 100 valence electrons. The van der Waals surface area contributed by atoms with Gasteiger partial charge in [-0.3, -0.25) is 4.79 Å². The highest BCUT2D eigenvalue weighted by atomic mass is 16.5. The number of amides is 1. The molecule has 0 saturated heterocycles. The summed E-state index contributed by atoms with van der Waals surface area (Å²) in [5.41, 5.74) is 0. The summed E-state index contributed by atoms with van der Waals surface area (Å²) in [7, 11) is 1.66. The van der Waals surface area contributed by atoms with E-state index < -0.39 is 0 Å². The summed E-state index contributed by atoms with van der Waals surface area (Å²) < 4.78 is 4.91. The van der Waals surface area contributed by atoms with E-state index in [1.54, 1.807) is 7.11 Å². The predicted octanol–water partition coefficient (Wildman–Crippen LogP) is 1.16. The Balaban J connectivity index is 2.16. The molecule has 1 saturated carbocycles. The zero-order chi connectivity index (χ0) is 12.7. The fourth-order valence-corrected chi connectivity index (χ4v) is 2.72. The number of hydrogen-bond acceptors (Lipinski definition) is 3. The van der Waals surface area contributed by atoms with Gasteiger partial charge in [0.25, 0.3) is 0 Å². The van der Waals surface area contributed by atoms with Crippen molar-refractivity contribution in [2.75, 3.05) is 26.8 Å². The molecule has 0 aliphatic heterocycles. The van der Waals surface area contributed by atoms with Gasteiger partial charge < -0.3 is 15.4 Å². The highest BCUT2D eigenvalue weighted by molar-refractivity contribution is 5.78. The molecule has 0 aromatic carbocycles. The predicted molar refractivity (Wildman–Crippen MR) is 68.9 cm³/mol. The monoisotopic (exact) mass is 242 g/mol. The molecule has 17 heavy (non-hydrogen) atoms. The second-order valence-electron chi connectivity index (χ2n) is 5.35. The van der Waals surface area contributed by atoms with Gasteiger partial charge in [0.2, 0.25) is 5.91 Å². The lowest BCUT2D eigenvalue weighted by Gasteiger charge is -2.32. The lowest BCUT2D eigenvalue weighted by molar-refractivity contribution is -0.121. The van der Waals surface area contributed by atoms with Gasteiger partial charge in [0.05, 0.1) is 13.2 Å². The highest BCUT2D eigenvalue weighted by Crippen LogP contribution is 2.28. The van der Waals surface area contributed by atoms with Crippen LogP contribution < -0.4 is 10.6 Å². The van der Waals surface area contributed by atoms with Crippen molar-refractivity contribution in [2.24, 2.45) is 11.8 Å². The first-order valence-corrected chi connectivity index (χ1v) is 6.60. The molecule has 1 aliphatic rings. The molecule has 0 spiro atoms. The van der Waals surface area contributed by atoms with Gasteiger partial charge in [0, 0.05) is 19.7 Å². The molecule has 4 heteroatoms. The molecular formula is C13H26N2O2. The summed E-state index contributed by atoms with van der Waals surface area (Å²) in [6.45, 7) is 6.30. The highest BCUT2D eigenvalue weighted by Gasteiger charge is 2.24. The number of ether oxygens (including phenoxy) is 1.